The zero-order chi connectivity index (χ0) is 17.4. The number of pyridine rings is 1. The molecule has 0 fully saturated rings. The van der Waals surface area contributed by atoms with Crippen LogP contribution in [0, 0.1) is 0 Å². The standard InChI is InChI=1S/C18H13ClN2O3S/c1-23-12-2-3-13-14(9-12)18(22,17-21-6-7-25-17)24-16(13)8-11-4-5-20-10-15(11)19/h2-10,22H,1H3/b16-8-. The molecule has 1 N–H and O–H groups in total. The van der Waals surface area contributed by atoms with Gasteiger partial charge in [-0.1, -0.05) is 11.6 Å². The molecule has 0 radical (unpaired) electrons. The van der Waals surface area contributed by atoms with Gasteiger partial charge in [0.15, 0.2) is 5.01 Å². The number of aliphatic hydroxyl groups is 1. The van der Waals surface area contributed by atoms with Crippen LogP contribution in [0.15, 0.2) is 48.2 Å². The minimum absolute atomic E-state index is 0.450. The van der Waals surface area contributed by atoms with Crippen LogP contribution in [0.5, 0.6) is 5.75 Å². The van der Waals surface area contributed by atoms with E-state index in [2.05, 4.69) is 9.97 Å². The van der Waals surface area contributed by atoms with Gasteiger partial charge >= 0.3 is 0 Å². The van der Waals surface area contributed by atoms with Gasteiger partial charge in [-0.25, -0.2) is 4.98 Å². The summed E-state index contributed by atoms with van der Waals surface area (Å²) in [5, 5.41) is 14.0. The highest BCUT2D eigenvalue weighted by atomic mass is 35.5. The molecule has 0 aliphatic carbocycles. The quantitative estimate of drug-likeness (QED) is 0.754. The molecule has 0 spiro atoms. The largest absolute Gasteiger partial charge is 0.497 e. The van der Waals surface area contributed by atoms with Crippen molar-refractivity contribution in [1.29, 1.82) is 0 Å². The van der Waals surface area contributed by atoms with E-state index in [4.69, 9.17) is 21.1 Å². The van der Waals surface area contributed by atoms with Gasteiger partial charge in [0.1, 0.15) is 11.5 Å². The molecular formula is C18H13ClN2O3S. The molecule has 1 unspecified atom stereocenters. The van der Waals surface area contributed by atoms with Crippen molar-refractivity contribution in [2.24, 2.45) is 0 Å². The number of rotatable bonds is 3. The summed E-state index contributed by atoms with van der Waals surface area (Å²) in [6.07, 6.45) is 6.61. The molecule has 1 aliphatic heterocycles. The number of hydrogen-bond acceptors (Lipinski definition) is 6. The summed E-state index contributed by atoms with van der Waals surface area (Å²) in [4.78, 5) is 8.20. The molecule has 1 atom stereocenters. The molecule has 5 nitrogen and oxygen atoms in total. The van der Waals surface area contributed by atoms with E-state index in [0.29, 0.717) is 27.1 Å². The lowest BCUT2D eigenvalue weighted by Gasteiger charge is -2.20. The fourth-order valence-electron chi connectivity index (χ4n) is 2.72. The van der Waals surface area contributed by atoms with Crippen LogP contribution in [0.3, 0.4) is 0 Å². The van der Waals surface area contributed by atoms with Crippen molar-refractivity contribution in [3.63, 3.8) is 0 Å². The highest BCUT2D eigenvalue weighted by Gasteiger charge is 2.46. The summed E-state index contributed by atoms with van der Waals surface area (Å²) >= 11 is 7.51. The number of halogens is 1. The molecule has 7 heteroatoms. The second-order valence-electron chi connectivity index (χ2n) is 5.40. The summed E-state index contributed by atoms with van der Waals surface area (Å²) in [5.74, 6) is -0.535. The van der Waals surface area contributed by atoms with Crippen LogP contribution in [0.25, 0.3) is 11.8 Å². The third kappa shape index (κ3) is 2.68. The molecule has 25 heavy (non-hydrogen) atoms. The number of ether oxygens (including phenoxy) is 2. The molecule has 3 aromatic rings. The summed E-state index contributed by atoms with van der Waals surface area (Å²) in [7, 11) is 1.58. The maximum Gasteiger partial charge on any atom is 0.289 e. The van der Waals surface area contributed by atoms with E-state index in [0.717, 1.165) is 11.1 Å². The van der Waals surface area contributed by atoms with E-state index in [9.17, 15) is 5.11 Å². The number of hydrogen-bond donors (Lipinski definition) is 1. The van der Waals surface area contributed by atoms with Gasteiger partial charge in [-0.15, -0.1) is 11.3 Å². The van der Waals surface area contributed by atoms with E-state index in [1.165, 1.54) is 11.3 Å². The lowest BCUT2D eigenvalue weighted by Crippen LogP contribution is -2.25. The zero-order valence-electron chi connectivity index (χ0n) is 13.1. The van der Waals surface area contributed by atoms with Crippen molar-refractivity contribution in [2.45, 2.75) is 5.79 Å². The van der Waals surface area contributed by atoms with E-state index < -0.39 is 5.79 Å². The molecule has 3 heterocycles. The first kappa shape index (κ1) is 16.1. The minimum Gasteiger partial charge on any atom is -0.497 e. The molecule has 2 aromatic heterocycles. The molecule has 1 aromatic carbocycles. The first-order valence-electron chi connectivity index (χ1n) is 7.43. The SMILES string of the molecule is COc1ccc2c(c1)C(O)(c1nccs1)O/C2=C\c1ccncc1Cl. The Morgan fingerprint density at radius 3 is 2.92 bits per heavy atom. The lowest BCUT2D eigenvalue weighted by atomic mass is 10.0. The van der Waals surface area contributed by atoms with Gasteiger partial charge in [0.05, 0.1) is 12.1 Å². The Morgan fingerprint density at radius 1 is 1.32 bits per heavy atom. The van der Waals surface area contributed by atoms with Crippen LogP contribution in [-0.2, 0) is 10.5 Å². The summed E-state index contributed by atoms with van der Waals surface area (Å²) in [5.41, 5.74) is 2.08. The van der Waals surface area contributed by atoms with E-state index in [-0.39, 0.29) is 0 Å². The third-order valence-electron chi connectivity index (χ3n) is 3.93. The van der Waals surface area contributed by atoms with Crippen LogP contribution in [0.1, 0.15) is 21.7 Å². The van der Waals surface area contributed by atoms with Crippen molar-refractivity contribution in [1.82, 2.24) is 9.97 Å². The Labute approximate surface area is 153 Å². The average molecular weight is 373 g/mol. The number of benzene rings is 1. The molecule has 0 saturated heterocycles. The van der Waals surface area contributed by atoms with Gasteiger partial charge in [0.2, 0.25) is 0 Å². The van der Waals surface area contributed by atoms with Gasteiger partial charge in [0.25, 0.3) is 5.79 Å². The van der Waals surface area contributed by atoms with Gasteiger partial charge < -0.3 is 14.6 Å². The number of methoxy groups -OCH3 is 1. The second-order valence-corrected chi connectivity index (χ2v) is 6.70. The van der Waals surface area contributed by atoms with E-state index in [1.807, 2.05) is 12.1 Å². The first-order valence-corrected chi connectivity index (χ1v) is 8.69. The van der Waals surface area contributed by atoms with Crippen molar-refractivity contribution < 1.29 is 14.6 Å². The van der Waals surface area contributed by atoms with Crippen molar-refractivity contribution in [2.75, 3.05) is 7.11 Å². The van der Waals surface area contributed by atoms with Gasteiger partial charge in [-0.2, -0.15) is 0 Å². The van der Waals surface area contributed by atoms with Gasteiger partial charge in [-0.3, -0.25) is 4.98 Å². The smallest absolute Gasteiger partial charge is 0.289 e. The van der Waals surface area contributed by atoms with Gasteiger partial charge in [0, 0.05) is 35.1 Å². The van der Waals surface area contributed by atoms with E-state index >= 15 is 0 Å². The topological polar surface area (TPSA) is 64.5 Å². The molecular weight excluding hydrogens is 360 g/mol. The maximum atomic E-state index is 11.2. The van der Waals surface area contributed by atoms with E-state index in [1.54, 1.807) is 49.3 Å². The molecule has 0 saturated carbocycles. The van der Waals surface area contributed by atoms with Crippen LogP contribution in [-0.4, -0.2) is 22.2 Å². The maximum absolute atomic E-state index is 11.2. The Hall–Kier alpha value is -2.41. The monoisotopic (exact) mass is 372 g/mol. The predicted octanol–water partition coefficient (Wildman–Crippen LogP) is 3.92. The normalized spacial score (nSPS) is 20.4. The zero-order valence-corrected chi connectivity index (χ0v) is 14.7. The molecule has 4 rings (SSSR count). The second kappa shape index (κ2) is 6.15. The molecule has 1 aliphatic rings. The number of aromatic nitrogens is 2. The summed E-state index contributed by atoms with van der Waals surface area (Å²) < 4.78 is 11.2. The van der Waals surface area contributed by atoms with Crippen molar-refractivity contribution >= 4 is 34.8 Å². The van der Waals surface area contributed by atoms with Gasteiger partial charge in [-0.05, 0) is 35.9 Å². The number of thiazole rings is 1. The Balaban J connectivity index is 1.89. The average Bonchev–Trinajstić information content (AvgIpc) is 3.25. The Bertz CT molecular complexity index is 959. The van der Waals surface area contributed by atoms with Crippen LogP contribution < -0.4 is 4.74 Å². The molecule has 126 valence electrons. The van der Waals surface area contributed by atoms with Crippen LogP contribution >= 0.6 is 22.9 Å². The first-order chi connectivity index (χ1) is 12.1. The number of fused-ring (bicyclic) bond motifs is 1. The Morgan fingerprint density at radius 2 is 2.20 bits per heavy atom. The fraction of sp³-hybridized carbons (Fsp3) is 0.111. The van der Waals surface area contributed by atoms with Crippen molar-refractivity contribution in [3.8, 4) is 5.75 Å². The highest BCUT2D eigenvalue weighted by Crippen LogP contribution is 2.47. The van der Waals surface area contributed by atoms with Crippen molar-refractivity contribution in [3.05, 3.63) is 75.0 Å². The van der Waals surface area contributed by atoms with Crippen LogP contribution in [0.2, 0.25) is 5.02 Å². The summed E-state index contributed by atoms with van der Waals surface area (Å²) in [6.45, 7) is 0. The molecule has 0 amide bonds. The van der Waals surface area contributed by atoms with Crippen LogP contribution in [0.4, 0.5) is 0 Å². The Kier molecular flexibility index (Phi) is 3.95. The highest BCUT2D eigenvalue weighted by molar-refractivity contribution is 7.09. The predicted molar refractivity (Wildman–Crippen MR) is 96.3 cm³/mol. The fourth-order valence-corrected chi connectivity index (χ4v) is 3.57. The minimum atomic E-state index is -1.66. The summed E-state index contributed by atoms with van der Waals surface area (Å²) in [6, 6.07) is 7.20. The third-order valence-corrected chi connectivity index (χ3v) is 5.11. The molecule has 0 bridgehead atoms. The number of nitrogens with zero attached hydrogens (tertiary/aromatic N) is 2. The lowest BCUT2D eigenvalue weighted by molar-refractivity contribution is -0.117.